The molecule has 3 amide bonds. The lowest BCUT2D eigenvalue weighted by Crippen LogP contribution is -2.71. The Morgan fingerprint density at radius 1 is 1.18 bits per heavy atom. The molecule has 3 heterocycles. The Labute approximate surface area is 223 Å². The molecule has 0 saturated carbocycles. The number of carbonyl (C=O) groups is 5. The van der Waals surface area contributed by atoms with Crippen LogP contribution in [0.3, 0.4) is 0 Å². The molecule has 202 valence electrons. The second kappa shape index (κ2) is 10.2. The van der Waals surface area contributed by atoms with E-state index in [1.54, 1.807) is 65.0 Å². The number of H-pyrrole nitrogens is 1. The standard InChI is InChI=1S/C26H30N4O7S/c1-6-37-25(36)15-12(2)16(27-13(15)3)20(31)28-17(14-10-8-7-9-11-14)21(32)29-18-22(33)30-19(24(34)35)26(4,5)38-23(18)30/h7-11,17-19,23,27H,6H2,1-5H3,(H,28,31)(H,29,32)(H,34,35)/t17?,18-,19+,23-/m1/s1. The number of aryl methyl sites for hydroxylation is 1. The molecular formula is C26H30N4O7S. The molecule has 1 aromatic heterocycles. The number of carbonyl (C=O) groups excluding carboxylic acids is 4. The molecule has 4 atom stereocenters. The molecule has 1 unspecified atom stereocenters. The molecule has 2 aliphatic rings. The number of esters is 1. The summed E-state index contributed by atoms with van der Waals surface area (Å²) < 4.78 is 4.35. The maximum absolute atomic E-state index is 13.5. The number of nitrogens with one attached hydrogen (secondary N) is 3. The van der Waals surface area contributed by atoms with Crippen LogP contribution in [0.25, 0.3) is 0 Å². The fraction of sp³-hybridized carbons (Fsp3) is 0.423. The van der Waals surface area contributed by atoms with Crippen LogP contribution in [-0.2, 0) is 19.1 Å². The first kappa shape index (κ1) is 27.2. The average Bonchev–Trinajstić information content (AvgIpc) is 3.30. The minimum Gasteiger partial charge on any atom is -0.480 e. The van der Waals surface area contributed by atoms with Gasteiger partial charge < -0.3 is 30.4 Å². The molecule has 0 spiro atoms. The summed E-state index contributed by atoms with van der Waals surface area (Å²) in [5.41, 5.74) is 1.70. The van der Waals surface area contributed by atoms with Crippen LogP contribution in [0.15, 0.2) is 30.3 Å². The van der Waals surface area contributed by atoms with E-state index in [2.05, 4.69) is 15.6 Å². The first-order chi connectivity index (χ1) is 17.9. The third-order valence-corrected chi connectivity index (χ3v) is 8.36. The number of β-lactam (4-membered cyclic amide) rings is 1. The number of carboxylic acids is 1. The first-order valence-electron chi connectivity index (χ1n) is 12.1. The number of aromatic amines is 1. The molecule has 2 fully saturated rings. The van der Waals surface area contributed by atoms with Crippen LogP contribution in [0.5, 0.6) is 0 Å². The van der Waals surface area contributed by atoms with Crippen LogP contribution in [0.4, 0.5) is 0 Å². The Balaban J connectivity index is 1.56. The maximum atomic E-state index is 13.5. The Morgan fingerprint density at radius 2 is 1.84 bits per heavy atom. The molecule has 38 heavy (non-hydrogen) atoms. The van der Waals surface area contributed by atoms with E-state index in [1.165, 1.54) is 16.7 Å². The third-order valence-electron chi connectivity index (χ3n) is 6.79. The summed E-state index contributed by atoms with van der Waals surface area (Å²) in [4.78, 5) is 68.0. The number of rotatable bonds is 8. The van der Waals surface area contributed by atoms with Gasteiger partial charge in [0, 0.05) is 10.4 Å². The van der Waals surface area contributed by atoms with Gasteiger partial charge in [-0.1, -0.05) is 30.3 Å². The van der Waals surface area contributed by atoms with E-state index in [1.807, 2.05) is 0 Å². The van der Waals surface area contributed by atoms with Gasteiger partial charge in [-0.05, 0) is 45.7 Å². The predicted octanol–water partition coefficient (Wildman–Crippen LogP) is 1.91. The van der Waals surface area contributed by atoms with Crippen molar-refractivity contribution in [3.05, 3.63) is 58.4 Å². The molecule has 4 N–H and O–H groups in total. The SMILES string of the molecule is CCOC(=O)c1c(C)[nH]c(C(=O)NC(C(=O)N[C@@H]2C(=O)N3[C@@H]2SC(C)(C)[C@@H]3C(=O)O)c2ccccc2)c1C. The first-order valence-corrected chi connectivity index (χ1v) is 13.0. The molecular weight excluding hydrogens is 512 g/mol. The number of amides is 3. The van der Waals surface area contributed by atoms with Gasteiger partial charge in [0.1, 0.15) is 29.2 Å². The number of carboxylic acid groups (broad SMARTS) is 1. The molecule has 0 bridgehead atoms. The van der Waals surface area contributed by atoms with Crippen LogP contribution in [0, 0.1) is 13.8 Å². The number of thioether (sulfide) groups is 1. The number of fused-ring (bicyclic) bond motifs is 1. The monoisotopic (exact) mass is 542 g/mol. The van der Waals surface area contributed by atoms with Crippen LogP contribution >= 0.6 is 11.8 Å². The topological polar surface area (TPSA) is 158 Å². The quantitative estimate of drug-likeness (QED) is 0.291. The Morgan fingerprint density at radius 3 is 2.45 bits per heavy atom. The molecule has 11 nitrogen and oxygen atoms in total. The van der Waals surface area contributed by atoms with E-state index in [0.29, 0.717) is 16.8 Å². The highest BCUT2D eigenvalue weighted by Crippen LogP contribution is 2.50. The maximum Gasteiger partial charge on any atom is 0.340 e. The predicted molar refractivity (Wildman–Crippen MR) is 139 cm³/mol. The van der Waals surface area contributed by atoms with E-state index in [4.69, 9.17) is 4.74 Å². The zero-order valence-electron chi connectivity index (χ0n) is 21.7. The fourth-order valence-corrected chi connectivity index (χ4v) is 6.64. The smallest absolute Gasteiger partial charge is 0.340 e. The van der Waals surface area contributed by atoms with Crippen LogP contribution in [0.2, 0.25) is 0 Å². The van der Waals surface area contributed by atoms with Crippen molar-refractivity contribution in [2.24, 2.45) is 0 Å². The zero-order valence-corrected chi connectivity index (χ0v) is 22.5. The Bertz CT molecular complexity index is 1310. The van der Waals surface area contributed by atoms with Crippen molar-refractivity contribution in [2.75, 3.05) is 6.61 Å². The van der Waals surface area contributed by atoms with Crippen LogP contribution in [-0.4, -0.2) is 73.5 Å². The van der Waals surface area contributed by atoms with E-state index in [-0.39, 0.29) is 17.9 Å². The minimum absolute atomic E-state index is 0.113. The lowest BCUT2D eigenvalue weighted by molar-refractivity contribution is -0.161. The second-order valence-electron chi connectivity index (χ2n) is 9.75. The third kappa shape index (κ3) is 4.64. The van der Waals surface area contributed by atoms with Crippen molar-refractivity contribution in [1.82, 2.24) is 20.5 Å². The highest BCUT2D eigenvalue weighted by molar-refractivity contribution is 8.01. The molecule has 12 heteroatoms. The van der Waals surface area contributed by atoms with Gasteiger partial charge in [0.2, 0.25) is 11.8 Å². The number of benzene rings is 1. The number of hydrogen-bond donors (Lipinski definition) is 4. The van der Waals surface area contributed by atoms with Crippen molar-refractivity contribution < 1.29 is 33.8 Å². The van der Waals surface area contributed by atoms with Gasteiger partial charge in [-0.25, -0.2) is 9.59 Å². The lowest BCUT2D eigenvalue weighted by atomic mass is 9.95. The summed E-state index contributed by atoms with van der Waals surface area (Å²) in [6.07, 6.45) is 0. The van der Waals surface area contributed by atoms with Gasteiger partial charge in [-0.15, -0.1) is 11.8 Å². The summed E-state index contributed by atoms with van der Waals surface area (Å²) in [6, 6.07) is 5.45. The summed E-state index contributed by atoms with van der Waals surface area (Å²) in [5.74, 6) is -3.38. The lowest BCUT2D eigenvalue weighted by Gasteiger charge is -2.44. The number of aromatic nitrogens is 1. The Hall–Kier alpha value is -3.80. The van der Waals surface area contributed by atoms with Crippen molar-refractivity contribution in [3.8, 4) is 0 Å². The number of hydrogen-bond acceptors (Lipinski definition) is 7. The van der Waals surface area contributed by atoms with E-state index in [9.17, 15) is 29.1 Å². The van der Waals surface area contributed by atoms with E-state index >= 15 is 0 Å². The molecule has 1 aromatic carbocycles. The van der Waals surface area contributed by atoms with Crippen LogP contribution in [0.1, 0.15) is 64.5 Å². The van der Waals surface area contributed by atoms with Gasteiger partial charge in [0.25, 0.3) is 5.91 Å². The highest BCUT2D eigenvalue weighted by atomic mass is 32.2. The zero-order chi connectivity index (χ0) is 27.9. The summed E-state index contributed by atoms with van der Waals surface area (Å²) in [6.45, 7) is 8.63. The molecule has 0 aliphatic carbocycles. The average molecular weight is 543 g/mol. The van der Waals surface area contributed by atoms with E-state index in [0.717, 1.165) is 0 Å². The van der Waals surface area contributed by atoms with Crippen molar-refractivity contribution in [2.45, 2.75) is 62.9 Å². The van der Waals surface area contributed by atoms with Gasteiger partial charge in [0.15, 0.2) is 0 Å². The fourth-order valence-electron chi connectivity index (χ4n) is 5.02. The van der Waals surface area contributed by atoms with Crippen molar-refractivity contribution in [3.63, 3.8) is 0 Å². The highest BCUT2D eigenvalue weighted by Gasteiger charge is 2.64. The summed E-state index contributed by atoms with van der Waals surface area (Å²) >= 11 is 1.31. The van der Waals surface area contributed by atoms with E-state index < -0.39 is 57.9 Å². The molecule has 2 saturated heterocycles. The largest absolute Gasteiger partial charge is 0.480 e. The van der Waals surface area contributed by atoms with Gasteiger partial charge in [-0.2, -0.15) is 0 Å². The normalized spacial score (nSPS) is 22.2. The van der Waals surface area contributed by atoms with Crippen LogP contribution < -0.4 is 10.6 Å². The molecule has 2 aliphatic heterocycles. The number of aliphatic carboxylic acids is 1. The Kier molecular flexibility index (Phi) is 7.29. The van der Waals surface area contributed by atoms with Crippen molar-refractivity contribution >= 4 is 41.4 Å². The summed E-state index contributed by atoms with van der Waals surface area (Å²) in [7, 11) is 0. The molecule has 2 aromatic rings. The second-order valence-corrected chi connectivity index (χ2v) is 11.5. The summed E-state index contributed by atoms with van der Waals surface area (Å²) in [5, 5.41) is 14.5. The van der Waals surface area contributed by atoms with Gasteiger partial charge in [-0.3, -0.25) is 14.4 Å². The van der Waals surface area contributed by atoms with Crippen molar-refractivity contribution in [1.29, 1.82) is 0 Å². The van der Waals surface area contributed by atoms with Gasteiger partial charge in [0.05, 0.1) is 12.2 Å². The number of nitrogens with zero attached hydrogens (tertiary/aromatic N) is 1. The molecule has 4 rings (SSSR count). The molecule has 0 radical (unpaired) electrons. The number of ether oxygens (including phenoxy) is 1. The minimum atomic E-state index is -1.16. The van der Waals surface area contributed by atoms with Gasteiger partial charge >= 0.3 is 11.9 Å².